The van der Waals surface area contributed by atoms with Gasteiger partial charge in [0, 0.05) is 63.7 Å². The standard InChI is InChI=1S/C54H32I2N4/c55-35-21-23-38(24-22-35)59-48-18-10-8-16-40(48)45-30-52-46(31-51(45)59)41-27-33(19-25-49(41)58(52)37-13-5-2-6-14-37)34-20-26-50-42(28-34)44-29-43-39-15-7-9-17-47(39)57(36-11-3-1-4-12-36)53(43)32-54(44)60(50)56/h1-32H. The lowest BCUT2D eigenvalue weighted by atomic mass is 10.00. The van der Waals surface area contributed by atoms with E-state index in [1.165, 1.54) is 108 Å². The first kappa shape index (κ1) is 34.5. The number of hydrogen-bond donors (Lipinski definition) is 0. The van der Waals surface area contributed by atoms with Crippen molar-refractivity contribution in [3.8, 4) is 28.2 Å². The monoisotopic (exact) mass is 990 g/mol. The molecular weight excluding hydrogens is 958 g/mol. The fourth-order valence-electron chi connectivity index (χ4n) is 9.85. The number of rotatable bonds is 4. The first-order chi connectivity index (χ1) is 29.6. The minimum atomic E-state index is 1.15. The molecular formula is C54H32I2N4. The average molecular weight is 991 g/mol. The van der Waals surface area contributed by atoms with Crippen molar-refractivity contribution < 1.29 is 0 Å². The Morgan fingerprint density at radius 2 is 0.667 bits per heavy atom. The molecule has 4 aromatic heterocycles. The molecule has 13 aromatic rings. The quantitative estimate of drug-likeness (QED) is 0.157. The van der Waals surface area contributed by atoms with Crippen molar-refractivity contribution in [3.63, 3.8) is 0 Å². The molecule has 0 spiro atoms. The Morgan fingerprint density at radius 3 is 1.25 bits per heavy atom. The predicted molar refractivity (Wildman–Crippen MR) is 270 cm³/mol. The van der Waals surface area contributed by atoms with Gasteiger partial charge in [0.15, 0.2) is 0 Å². The van der Waals surface area contributed by atoms with Gasteiger partial charge in [-0.15, -0.1) is 0 Å². The van der Waals surface area contributed by atoms with E-state index in [4.69, 9.17) is 0 Å². The van der Waals surface area contributed by atoms with E-state index in [1.807, 2.05) is 0 Å². The summed E-state index contributed by atoms with van der Waals surface area (Å²) < 4.78 is 10.8. The van der Waals surface area contributed by atoms with Crippen molar-refractivity contribution in [1.82, 2.24) is 16.5 Å². The van der Waals surface area contributed by atoms with E-state index in [0.717, 1.165) is 11.4 Å². The van der Waals surface area contributed by atoms with Crippen LogP contribution in [0.2, 0.25) is 0 Å². The van der Waals surface area contributed by atoms with E-state index in [1.54, 1.807) is 0 Å². The second kappa shape index (κ2) is 13.1. The van der Waals surface area contributed by atoms with Gasteiger partial charge in [0.05, 0.1) is 67.0 Å². The van der Waals surface area contributed by atoms with Crippen LogP contribution in [0.3, 0.4) is 0 Å². The summed E-state index contributed by atoms with van der Waals surface area (Å²) in [6.45, 7) is 0. The highest BCUT2D eigenvalue weighted by molar-refractivity contribution is 14.1. The fourth-order valence-corrected chi connectivity index (χ4v) is 11.0. The molecule has 0 aliphatic carbocycles. The van der Waals surface area contributed by atoms with Crippen LogP contribution in [0.1, 0.15) is 0 Å². The fraction of sp³-hybridized carbons (Fsp3) is 0. The zero-order chi connectivity index (χ0) is 39.6. The highest BCUT2D eigenvalue weighted by Crippen LogP contribution is 2.43. The van der Waals surface area contributed by atoms with Gasteiger partial charge < -0.3 is 13.7 Å². The molecule has 9 aromatic carbocycles. The van der Waals surface area contributed by atoms with Crippen LogP contribution in [0, 0.1) is 3.57 Å². The number of para-hydroxylation sites is 4. The SMILES string of the molecule is Ic1ccc(-n2c3ccccc3c3cc4c(cc32)c2cc(-c3ccc5c(c3)c3cc6c7ccccc7n(-c7ccccc7)c6cc3n5I)ccc2n4-c2ccccc2)cc1. The van der Waals surface area contributed by atoms with Crippen molar-refractivity contribution in [1.29, 1.82) is 0 Å². The molecule has 0 unspecified atom stereocenters. The molecule has 60 heavy (non-hydrogen) atoms. The van der Waals surface area contributed by atoms with Crippen LogP contribution in [0.4, 0.5) is 0 Å². The van der Waals surface area contributed by atoms with E-state index < -0.39 is 0 Å². The van der Waals surface area contributed by atoms with E-state index in [9.17, 15) is 0 Å². The smallest absolute Gasteiger partial charge is 0.0646 e. The summed E-state index contributed by atoms with van der Waals surface area (Å²) in [4.78, 5) is 0. The van der Waals surface area contributed by atoms with Crippen molar-refractivity contribution in [2.45, 2.75) is 0 Å². The third-order valence-electron chi connectivity index (χ3n) is 12.5. The number of benzene rings is 9. The highest BCUT2D eigenvalue weighted by atomic mass is 127. The van der Waals surface area contributed by atoms with E-state index in [-0.39, 0.29) is 0 Å². The lowest BCUT2D eigenvalue weighted by molar-refractivity contribution is 1.17. The molecule has 0 aliphatic rings. The van der Waals surface area contributed by atoms with Crippen LogP contribution in [0.15, 0.2) is 194 Å². The summed E-state index contributed by atoms with van der Waals surface area (Å²) >= 11 is 4.88. The molecule has 4 nitrogen and oxygen atoms in total. The Labute approximate surface area is 372 Å². The maximum absolute atomic E-state index is 2.49. The van der Waals surface area contributed by atoms with Crippen molar-refractivity contribution in [2.75, 3.05) is 0 Å². The molecule has 6 heteroatoms. The van der Waals surface area contributed by atoms with Crippen LogP contribution in [-0.4, -0.2) is 16.5 Å². The first-order valence-electron chi connectivity index (χ1n) is 20.2. The highest BCUT2D eigenvalue weighted by Gasteiger charge is 2.21. The molecule has 0 amide bonds. The second-order valence-electron chi connectivity index (χ2n) is 15.7. The van der Waals surface area contributed by atoms with Gasteiger partial charge in [-0.3, -0.25) is 2.78 Å². The van der Waals surface area contributed by atoms with Gasteiger partial charge in [0.1, 0.15) is 0 Å². The molecule has 0 bridgehead atoms. The van der Waals surface area contributed by atoms with Crippen molar-refractivity contribution in [2.24, 2.45) is 0 Å². The number of aromatic nitrogens is 4. The molecule has 0 fully saturated rings. The Kier molecular flexibility index (Phi) is 7.51. The Bertz CT molecular complexity index is 3890. The molecule has 0 N–H and O–H groups in total. The van der Waals surface area contributed by atoms with Gasteiger partial charge in [-0.1, -0.05) is 84.9 Å². The van der Waals surface area contributed by atoms with Crippen LogP contribution in [-0.2, 0) is 0 Å². The maximum Gasteiger partial charge on any atom is 0.0646 e. The third kappa shape index (κ3) is 4.95. The lowest BCUT2D eigenvalue weighted by Gasteiger charge is -2.09. The number of fused-ring (bicyclic) bond motifs is 12. The minimum Gasteiger partial charge on any atom is -0.309 e. The average Bonchev–Trinajstić information content (AvgIpc) is 4.00. The summed E-state index contributed by atoms with van der Waals surface area (Å²) in [6, 6.07) is 71.6. The second-order valence-corrected chi connectivity index (χ2v) is 17.9. The first-order valence-corrected chi connectivity index (χ1v) is 22.2. The molecule has 0 atom stereocenters. The zero-order valence-corrected chi connectivity index (χ0v) is 36.3. The summed E-state index contributed by atoms with van der Waals surface area (Å²) in [6.07, 6.45) is 0. The van der Waals surface area contributed by atoms with Crippen molar-refractivity contribution >= 4 is 133 Å². The molecule has 282 valence electrons. The summed E-state index contributed by atoms with van der Waals surface area (Å²) in [5.74, 6) is 0. The maximum atomic E-state index is 2.49. The number of hydrogen-bond acceptors (Lipinski definition) is 0. The van der Waals surface area contributed by atoms with Gasteiger partial charge in [0.2, 0.25) is 0 Å². The largest absolute Gasteiger partial charge is 0.309 e. The Morgan fingerprint density at radius 1 is 0.267 bits per heavy atom. The zero-order valence-electron chi connectivity index (χ0n) is 32.0. The van der Waals surface area contributed by atoms with E-state index in [0.29, 0.717) is 0 Å². The molecule has 0 saturated carbocycles. The van der Waals surface area contributed by atoms with Crippen LogP contribution < -0.4 is 0 Å². The van der Waals surface area contributed by atoms with Crippen LogP contribution >= 0.6 is 45.5 Å². The summed E-state index contributed by atoms with van der Waals surface area (Å²) in [7, 11) is 0. The van der Waals surface area contributed by atoms with Gasteiger partial charge in [-0.05, 0) is 143 Å². The number of nitrogens with zero attached hydrogens (tertiary/aromatic N) is 4. The molecule has 4 heterocycles. The van der Waals surface area contributed by atoms with Crippen LogP contribution in [0.25, 0.3) is 115 Å². The van der Waals surface area contributed by atoms with E-state index in [2.05, 4.69) is 256 Å². The lowest BCUT2D eigenvalue weighted by Crippen LogP contribution is -1.94. The molecule has 0 aliphatic heterocycles. The van der Waals surface area contributed by atoms with Gasteiger partial charge in [-0.2, -0.15) is 0 Å². The van der Waals surface area contributed by atoms with Gasteiger partial charge >= 0.3 is 0 Å². The summed E-state index contributed by atoms with van der Waals surface area (Å²) in [5.41, 5.74) is 15.6. The summed E-state index contributed by atoms with van der Waals surface area (Å²) in [5, 5.41) is 10.0. The third-order valence-corrected chi connectivity index (χ3v) is 14.3. The molecule has 0 radical (unpaired) electrons. The van der Waals surface area contributed by atoms with Crippen molar-refractivity contribution in [3.05, 3.63) is 198 Å². The minimum absolute atomic E-state index is 1.15. The normalized spacial score (nSPS) is 12.2. The van der Waals surface area contributed by atoms with E-state index >= 15 is 0 Å². The van der Waals surface area contributed by atoms with Gasteiger partial charge in [0.25, 0.3) is 0 Å². The van der Waals surface area contributed by atoms with Gasteiger partial charge in [-0.25, -0.2) is 0 Å². The topological polar surface area (TPSA) is 19.7 Å². The van der Waals surface area contributed by atoms with Crippen LogP contribution in [0.5, 0.6) is 0 Å². The Balaban J connectivity index is 1.06. The Hall–Kier alpha value is -6.36. The molecule has 13 rings (SSSR count). The molecule has 0 saturated heterocycles. The number of halogens is 2. The predicted octanol–water partition coefficient (Wildman–Crippen LogP) is 15.6.